The van der Waals surface area contributed by atoms with Crippen LogP contribution in [0.5, 0.6) is 0 Å². The molecule has 1 unspecified atom stereocenters. The van der Waals surface area contributed by atoms with Crippen molar-refractivity contribution in [2.45, 2.75) is 52.9 Å². The molecule has 0 aliphatic heterocycles. The van der Waals surface area contributed by atoms with Crippen molar-refractivity contribution >= 4 is 19.4 Å². The first-order valence-corrected chi connectivity index (χ1v) is 9.45. The highest BCUT2D eigenvalue weighted by molar-refractivity contribution is 7.58. The number of nitrogens with one attached hydrogen (secondary N) is 1. The van der Waals surface area contributed by atoms with Crippen LogP contribution in [0.4, 0.5) is 9.18 Å². The van der Waals surface area contributed by atoms with Crippen molar-refractivity contribution in [2.24, 2.45) is 5.41 Å². The number of alkyl carbamates (subject to hydrolysis) is 1. The van der Waals surface area contributed by atoms with Crippen molar-refractivity contribution in [2.75, 3.05) is 19.5 Å². The van der Waals surface area contributed by atoms with E-state index >= 15 is 0 Å². The van der Waals surface area contributed by atoms with Crippen molar-refractivity contribution < 1.29 is 32.9 Å². The third-order valence-corrected chi connectivity index (χ3v) is 5.00. The Morgan fingerprint density at radius 3 is 2.43 bits per heavy atom. The van der Waals surface area contributed by atoms with E-state index in [2.05, 4.69) is 10.1 Å². The quantitative estimate of drug-likeness (QED) is 0.374. The van der Waals surface area contributed by atoms with Gasteiger partial charge >= 0.3 is 12.1 Å². The highest BCUT2D eigenvalue weighted by atomic mass is 31.2. The maximum atomic E-state index is 13.7. The molecule has 7 nitrogen and oxygen atoms in total. The van der Waals surface area contributed by atoms with Crippen LogP contribution in [-0.4, -0.2) is 42.4 Å². The summed E-state index contributed by atoms with van der Waals surface area (Å²) >= 11 is 0. The molecule has 0 spiro atoms. The van der Waals surface area contributed by atoms with Gasteiger partial charge < -0.3 is 19.7 Å². The fourth-order valence-corrected chi connectivity index (χ4v) is 3.01. The number of alkyl halides is 1. The standard InChI is InChI=1S/C14H27FNO6P/c1-5-6-9-23(19,20)11(15)7-8-16-13(18)22-10-21-12(17)14(2,3)4/h11H,5-10H2,1-4H3,(H,16,18)(H,19,20)/t11-/m1/s1. The van der Waals surface area contributed by atoms with Gasteiger partial charge in [0.05, 0.1) is 5.41 Å². The predicted octanol–water partition coefficient (Wildman–Crippen LogP) is 3.02. The van der Waals surface area contributed by atoms with Gasteiger partial charge in [-0.05, 0) is 27.2 Å². The number of ether oxygens (including phenoxy) is 2. The maximum absolute atomic E-state index is 13.7. The minimum atomic E-state index is -3.84. The van der Waals surface area contributed by atoms with Crippen LogP contribution < -0.4 is 5.32 Å². The van der Waals surface area contributed by atoms with E-state index in [4.69, 9.17) is 4.74 Å². The molecular formula is C14H27FNO6P. The summed E-state index contributed by atoms with van der Waals surface area (Å²) in [7, 11) is -3.84. The Morgan fingerprint density at radius 1 is 1.30 bits per heavy atom. The first-order chi connectivity index (χ1) is 10.5. The lowest BCUT2D eigenvalue weighted by molar-refractivity contribution is -0.161. The Kier molecular flexibility index (Phi) is 9.39. The minimum absolute atomic E-state index is 0.0716. The van der Waals surface area contributed by atoms with Gasteiger partial charge in [-0.25, -0.2) is 9.18 Å². The van der Waals surface area contributed by atoms with Crippen LogP contribution in [-0.2, 0) is 18.8 Å². The van der Waals surface area contributed by atoms with Crippen LogP contribution in [0.25, 0.3) is 0 Å². The lowest BCUT2D eigenvalue weighted by atomic mass is 9.98. The number of carbonyl (C=O) groups excluding carboxylic acids is 2. The summed E-state index contributed by atoms with van der Waals surface area (Å²) in [5.41, 5.74) is -0.706. The van der Waals surface area contributed by atoms with Gasteiger partial charge in [-0.1, -0.05) is 13.3 Å². The van der Waals surface area contributed by atoms with Crippen LogP contribution in [0.3, 0.4) is 0 Å². The normalized spacial score (nSPS) is 15.4. The first kappa shape index (κ1) is 21.9. The molecule has 136 valence electrons. The molecule has 0 aliphatic carbocycles. The molecule has 0 fully saturated rings. The summed E-state index contributed by atoms with van der Waals surface area (Å²) in [5, 5.41) is 2.23. The Hall–Kier alpha value is -1.14. The third-order valence-electron chi connectivity index (χ3n) is 2.91. The molecule has 0 bridgehead atoms. The van der Waals surface area contributed by atoms with Gasteiger partial charge in [-0.15, -0.1) is 0 Å². The van der Waals surface area contributed by atoms with Crippen LogP contribution in [0.15, 0.2) is 0 Å². The van der Waals surface area contributed by atoms with Crippen molar-refractivity contribution in [3.05, 3.63) is 0 Å². The zero-order chi connectivity index (χ0) is 18.1. The zero-order valence-corrected chi connectivity index (χ0v) is 15.0. The number of unbranched alkanes of at least 4 members (excludes halogenated alkanes) is 1. The van der Waals surface area contributed by atoms with Crippen molar-refractivity contribution in [3.8, 4) is 0 Å². The van der Waals surface area contributed by atoms with Crippen molar-refractivity contribution in [1.29, 1.82) is 0 Å². The average molecular weight is 355 g/mol. The van der Waals surface area contributed by atoms with E-state index in [0.717, 1.165) is 0 Å². The van der Waals surface area contributed by atoms with Gasteiger partial charge in [0.2, 0.25) is 14.2 Å². The summed E-state index contributed by atoms with van der Waals surface area (Å²) in [4.78, 5) is 32.2. The number of hydrogen-bond donors (Lipinski definition) is 2. The van der Waals surface area contributed by atoms with Gasteiger partial charge in [0.15, 0.2) is 5.91 Å². The number of halogens is 1. The second-order valence-corrected chi connectivity index (χ2v) is 8.73. The molecule has 0 aromatic rings. The molecule has 0 saturated heterocycles. The van der Waals surface area contributed by atoms with Crippen LogP contribution in [0.1, 0.15) is 47.0 Å². The molecule has 2 N–H and O–H groups in total. The lowest BCUT2D eigenvalue weighted by Crippen LogP contribution is -2.30. The van der Waals surface area contributed by atoms with E-state index in [-0.39, 0.29) is 19.1 Å². The van der Waals surface area contributed by atoms with Gasteiger partial charge in [0.25, 0.3) is 0 Å². The van der Waals surface area contributed by atoms with E-state index in [9.17, 15) is 23.4 Å². The molecule has 0 heterocycles. The molecule has 0 aliphatic rings. The second kappa shape index (κ2) is 9.88. The SMILES string of the molecule is CCCCP(=O)(O)[C@@H](F)CCNC(=O)OCOC(=O)C(C)(C)C. The first-order valence-electron chi connectivity index (χ1n) is 7.54. The Morgan fingerprint density at radius 2 is 1.91 bits per heavy atom. The topological polar surface area (TPSA) is 102 Å². The number of esters is 1. The van der Waals surface area contributed by atoms with Crippen LogP contribution >= 0.6 is 7.37 Å². The predicted molar refractivity (Wildman–Crippen MR) is 84.0 cm³/mol. The monoisotopic (exact) mass is 355 g/mol. The molecule has 9 heteroatoms. The number of rotatable bonds is 9. The lowest BCUT2D eigenvalue weighted by Gasteiger charge is -2.17. The van der Waals surface area contributed by atoms with E-state index in [0.29, 0.717) is 12.8 Å². The number of carbonyl (C=O) groups is 2. The Balaban J connectivity index is 3.94. The smallest absolute Gasteiger partial charge is 0.410 e. The fourth-order valence-electron chi connectivity index (χ4n) is 1.42. The second-order valence-electron chi connectivity index (χ2n) is 6.21. The third kappa shape index (κ3) is 9.56. The molecule has 1 amide bonds. The van der Waals surface area contributed by atoms with Crippen molar-refractivity contribution in [3.63, 3.8) is 0 Å². The number of hydrogen-bond acceptors (Lipinski definition) is 5. The van der Waals surface area contributed by atoms with Crippen LogP contribution in [0.2, 0.25) is 0 Å². The zero-order valence-electron chi connectivity index (χ0n) is 14.1. The minimum Gasteiger partial charge on any atom is -0.427 e. The van der Waals surface area contributed by atoms with Crippen molar-refractivity contribution in [1.82, 2.24) is 5.32 Å². The molecule has 0 aromatic carbocycles. The Labute approximate surface area is 136 Å². The summed E-state index contributed by atoms with van der Waals surface area (Å²) < 4.78 is 34.7. The fraction of sp³-hybridized carbons (Fsp3) is 0.857. The molecular weight excluding hydrogens is 328 g/mol. The summed E-state index contributed by atoms with van der Waals surface area (Å²) in [5.74, 6) is -2.40. The van der Waals surface area contributed by atoms with E-state index in [1.807, 2.05) is 6.92 Å². The summed E-state index contributed by atoms with van der Waals surface area (Å²) in [6.07, 6.45) is -0.0651. The van der Waals surface area contributed by atoms with Gasteiger partial charge in [0, 0.05) is 19.1 Å². The molecule has 2 atom stereocenters. The highest BCUT2D eigenvalue weighted by Gasteiger charge is 2.29. The number of amides is 1. The molecule has 0 saturated carbocycles. The molecule has 23 heavy (non-hydrogen) atoms. The largest absolute Gasteiger partial charge is 0.427 e. The molecule has 0 aromatic heterocycles. The summed E-state index contributed by atoms with van der Waals surface area (Å²) in [6, 6.07) is 0. The van der Waals surface area contributed by atoms with E-state index in [1.54, 1.807) is 20.8 Å². The average Bonchev–Trinajstić information content (AvgIpc) is 2.43. The highest BCUT2D eigenvalue weighted by Crippen LogP contribution is 2.49. The van der Waals surface area contributed by atoms with E-state index < -0.39 is 37.6 Å². The van der Waals surface area contributed by atoms with Gasteiger partial charge in [0.1, 0.15) is 0 Å². The van der Waals surface area contributed by atoms with E-state index in [1.165, 1.54) is 0 Å². The molecule has 0 rings (SSSR count). The van der Waals surface area contributed by atoms with Gasteiger partial charge in [-0.2, -0.15) is 0 Å². The maximum Gasteiger partial charge on any atom is 0.410 e. The summed E-state index contributed by atoms with van der Waals surface area (Å²) in [6.45, 7) is 6.12. The van der Waals surface area contributed by atoms with Gasteiger partial charge in [-0.3, -0.25) is 9.36 Å². The van der Waals surface area contributed by atoms with Crippen LogP contribution in [0, 0.1) is 5.41 Å². The Bertz CT molecular complexity index is 437. The molecule has 0 radical (unpaired) electrons.